The van der Waals surface area contributed by atoms with Crippen LogP contribution in [0.25, 0.3) is 11.0 Å². The van der Waals surface area contributed by atoms with Crippen molar-refractivity contribution in [3.63, 3.8) is 0 Å². The maximum Gasteiger partial charge on any atom is 0.317 e. The molecule has 0 unspecified atom stereocenters. The van der Waals surface area contributed by atoms with E-state index in [9.17, 15) is 4.79 Å². The van der Waals surface area contributed by atoms with E-state index in [1.807, 2.05) is 29.4 Å². The highest BCUT2D eigenvalue weighted by Crippen LogP contribution is 2.23. The minimum absolute atomic E-state index is 0.0681. The van der Waals surface area contributed by atoms with Crippen LogP contribution < -0.4 is 5.32 Å². The highest BCUT2D eigenvalue weighted by atomic mass is 16.2. The van der Waals surface area contributed by atoms with Gasteiger partial charge in [-0.3, -0.25) is 0 Å². The summed E-state index contributed by atoms with van der Waals surface area (Å²) in [5.41, 5.74) is 6.14. The average molecular weight is 391 g/mol. The van der Waals surface area contributed by atoms with Crippen LogP contribution in [0, 0.1) is 19.8 Å². The summed E-state index contributed by atoms with van der Waals surface area (Å²) in [6.45, 7) is 7.60. The molecule has 2 aromatic carbocycles. The number of hydrogen-bond acceptors (Lipinski definition) is 2. The number of urea groups is 1. The highest BCUT2D eigenvalue weighted by molar-refractivity contribution is 5.77. The third-order valence-electron chi connectivity index (χ3n) is 6.13. The zero-order valence-corrected chi connectivity index (χ0v) is 17.4. The molecule has 2 amide bonds. The number of piperidine rings is 1. The molecule has 0 bridgehead atoms. The minimum Gasteiger partial charge on any atom is -0.338 e. The Labute approximate surface area is 172 Å². The number of carbonyl (C=O) groups excluding carboxylic acids is 1. The summed E-state index contributed by atoms with van der Waals surface area (Å²) in [6.07, 6.45) is 4.91. The van der Waals surface area contributed by atoms with Crippen molar-refractivity contribution in [3.8, 4) is 0 Å². The van der Waals surface area contributed by atoms with Gasteiger partial charge in [0.2, 0.25) is 0 Å². The highest BCUT2D eigenvalue weighted by Gasteiger charge is 2.23. The van der Waals surface area contributed by atoms with Gasteiger partial charge < -0.3 is 14.8 Å². The molecule has 1 fully saturated rings. The van der Waals surface area contributed by atoms with E-state index in [1.54, 1.807) is 0 Å². The van der Waals surface area contributed by atoms with Gasteiger partial charge in [0.25, 0.3) is 0 Å². The number of nitrogens with one attached hydrogen (secondary N) is 1. The molecule has 0 radical (unpaired) electrons. The van der Waals surface area contributed by atoms with Gasteiger partial charge in [-0.25, -0.2) is 9.78 Å². The summed E-state index contributed by atoms with van der Waals surface area (Å²) in [5, 5.41) is 3.07. The molecule has 0 aliphatic carbocycles. The Kier molecular flexibility index (Phi) is 5.84. The van der Waals surface area contributed by atoms with Crippen LogP contribution in [0.5, 0.6) is 0 Å². The molecule has 152 valence electrons. The fraction of sp³-hybridized carbons (Fsp3) is 0.417. The quantitative estimate of drug-likeness (QED) is 0.705. The monoisotopic (exact) mass is 390 g/mol. The van der Waals surface area contributed by atoms with Crippen molar-refractivity contribution in [3.05, 3.63) is 65.5 Å². The van der Waals surface area contributed by atoms with Crippen LogP contribution in [0.15, 0.2) is 48.8 Å². The predicted octanol–water partition coefficient (Wildman–Crippen LogP) is 4.32. The lowest BCUT2D eigenvalue weighted by molar-refractivity contribution is 0.166. The van der Waals surface area contributed by atoms with Gasteiger partial charge >= 0.3 is 6.03 Å². The number of fused-ring (bicyclic) bond motifs is 1. The normalized spacial score (nSPS) is 15.0. The first-order chi connectivity index (χ1) is 14.1. The second kappa shape index (κ2) is 8.68. The molecule has 1 aliphatic rings. The molecule has 1 aromatic heterocycles. The van der Waals surface area contributed by atoms with Crippen LogP contribution in [0.3, 0.4) is 0 Å². The van der Waals surface area contributed by atoms with Crippen molar-refractivity contribution in [2.75, 3.05) is 19.6 Å². The summed E-state index contributed by atoms with van der Waals surface area (Å²) in [7, 11) is 0. The number of benzene rings is 2. The van der Waals surface area contributed by atoms with Crippen LogP contribution in [-0.2, 0) is 13.0 Å². The Morgan fingerprint density at radius 3 is 2.59 bits per heavy atom. The van der Waals surface area contributed by atoms with Gasteiger partial charge in [0.05, 0.1) is 17.4 Å². The van der Waals surface area contributed by atoms with Gasteiger partial charge in [-0.05, 0) is 67.9 Å². The third-order valence-corrected chi connectivity index (χ3v) is 6.13. The third kappa shape index (κ3) is 4.61. The number of hydrogen-bond donors (Lipinski definition) is 1. The number of rotatable bonds is 5. The first-order valence-electron chi connectivity index (χ1n) is 10.6. The molecule has 1 aliphatic heterocycles. The zero-order chi connectivity index (χ0) is 20.2. The Balaban J connectivity index is 1.26. The molecule has 0 saturated carbocycles. The Morgan fingerprint density at radius 2 is 1.83 bits per heavy atom. The van der Waals surface area contributed by atoms with Crippen LogP contribution in [0.2, 0.25) is 0 Å². The fourth-order valence-corrected chi connectivity index (χ4v) is 4.13. The molecule has 4 rings (SSSR count). The van der Waals surface area contributed by atoms with E-state index in [-0.39, 0.29) is 6.03 Å². The van der Waals surface area contributed by atoms with Gasteiger partial charge in [-0.1, -0.05) is 30.3 Å². The molecule has 1 saturated heterocycles. The van der Waals surface area contributed by atoms with Crippen molar-refractivity contribution in [2.24, 2.45) is 5.92 Å². The van der Waals surface area contributed by atoms with Crippen molar-refractivity contribution in [2.45, 2.75) is 39.7 Å². The number of nitrogens with zero attached hydrogens (tertiary/aromatic N) is 3. The van der Waals surface area contributed by atoms with Gasteiger partial charge in [-0.15, -0.1) is 0 Å². The van der Waals surface area contributed by atoms with E-state index in [2.05, 4.69) is 53.0 Å². The van der Waals surface area contributed by atoms with Crippen molar-refractivity contribution < 1.29 is 4.79 Å². The molecular weight excluding hydrogens is 360 g/mol. The van der Waals surface area contributed by atoms with Crippen molar-refractivity contribution in [1.29, 1.82) is 0 Å². The minimum atomic E-state index is 0.0681. The lowest BCUT2D eigenvalue weighted by Crippen LogP contribution is -2.45. The van der Waals surface area contributed by atoms with Crippen LogP contribution in [0.4, 0.5) is 4.79 Å². The lowest BCUT2D eigenvalue weighted by atomic mass is 9.97. The standard InChI is InChI=1S/C24H30N4O/c1-18-14-22-23(15-19(18)2)28(17-26-22)16-21-9-12-27(13-10-21)24(29)25-11-8-20-6-4-3-5-7-20/h3-7,14-15,17,21H,8-13,16H2,1-2H3,(H,25,29). The van der Waals surface area contributed by atoms with E-state index >= 15 is 0 Å². The number of amides is 2. The molecule has 5 nitrogen and oxygen atoms in total. The summed E-state index contributed by atoms with van der Waals surface area (Å²) in [4.78, 5) is 19.0. The molecule has 0 spiro atoms. The fourth-order valence-electron chi connectivity index (χ4n) is 4.13. The van der Waals surface area contributed by atoms with Gasteiger partial charge in [0, 0.05) is 26.2 Å². The van der Waals surface area contributed by atoms with E-state index < -0.39 is 0 Å². The zero-order valence-electron chi connectivity index (χ0n) is 17.4. The van der Waals surface area contributed by atoms with E-state index in [0.29, 0.717) is 12.5 Å². The summed E-state index contributed by atoms with van der Waals surface area (Å²) in [5.74, 6) is 0.586. The summed E-state index contributed by atoms with van der Waals surface area (Å²) < 4.78 is 2.28. The number of aromatic nitrogens is 2. The molecule has 5 heteroatoms. The second-order valence-electron chi connectivity index (χ2n) is 8.22. The maximum absolute atomic E-state index is 12.5. The smallest absolute Gasteiger partial charge is 0.317 e. The van der Waals surface area contributed by atoms with Gasteiger partial charge in [0.1, 0.15) is 0 Å². The van der Waals surface area contributed by atoms with Crippen molar-refractivity contribution in [1.82, 2.24) is 19.8 Å². The van der Waals surface area contributed by atoms with Crippen molar-refractivity contribution >= 4 is 17.1 Å². The average Bonchev–Trinajstić information content (AvgIpc) is 3.11. The van der Waals surface area contributed by atoms with Crippen LogP contribution >= 0.6 is 0 Å². The summed E-state index contributed by atoms with van der Waals surface area (Å²) >= 11 is 0. The number of carbonyl (C=O) groups is 1. The Hall–Kier alpha value is -2.82. The van der Waals surface area contributed by atoms with Gasteiger partial charge in [-0.2, -0.15) is 0 Å². The predicted molar refractivity (Wildman–Crippen MR) is 117 cm³/mol. The van der Waals surface area contributed by atoms with E-state index in [0.717, 1.165) is 44.4 Å². The van der Waals surface area contributed by atoms with Crippen LogP contribution in [-0.4, -0.2) is 40.1 Å². The van der Waals surface area contributed by atoms with E-state index in [1.165, 1.54) is 22.2 Å². The van der Waals surface area contributed by atoms with Crippen LogP contribution in [0.1, 0.15) is 29.5 Å². The Bertz CT molecular complexity index is 971. The summed E-state index contributed by atoms with van der Waals surface area (Å²) in [6, 6.07) is 14.8. The first kappa shape index (κ1) is 19.5. The molecular formula is C24H30N4O. The van der Waals surface area contributed by atoms with Gasteiger partial charge in [0.15, 0.2) is 0 Å². The van der Waals surface area contributed by atoms with E-state index in [4.69, 9.17) is 0 Å². The molecule has 3 aromatic rings. The number of likely N-dealkylation sites (tertiary alicyclic amines) is 1. The molecule has 0 atom stereocenters. The SMILES string of the molecule is Cc1cc2ncn(CC3CCN(C(=O)NCCc4ccccc4)CC3)c2cc1C. The molecule has 2 heterocycles. The lowest BCUT2D eigenvalue weighted by Gasteiger charge is -2.32. The molecule has 1 N–H and O–H groups in total. The largest absolute Gasteiger partial charge is 0.338 e. The topological polar surface area (TPSA) is 50.2 Å². The second-order valence-corrected chi connectivity index (χ2v) is 8.22. The first-order valence-corrected chi connectivity index (χ1v) is 10.6. The maximum atomic E-state index is 12.5. The number of imidazole rings is 1. The number of aryl methyl sites for hydroxylation is 2. The Morgan fingerprint density at radius 1 is 1.10 bits per heavy atom. The molecule has 29 heavy (non-hydrogen) atoms.